The molecular weight excluding hydrogens is 497 g/mol. The molecule has 6 nitrogen and oxygen atoms in total. The first-order valence-corrected chi connectivity index (χ1v) is 12.2. The number of hydrogen-bond acceptors (Lipinski definition) is 5. The molecule has 0 aromatic heterocycles. The minimum Gasteiger partial charge on any atom is -0.445 e. The monoisotopic (exact) mass is 529 g/mol. The lowest BCUT2D eigenvalue weighted by Gasteiger charge is -2.48. The molecule has 0 bridgehead atoms. The number of esters is 1. The molecule has 1 saturated carbocycles. The second-order valence-electron chi connectivity index (χ2n) is 8.93. The summed E-state index contributed by atoms with van der Waals surface area (Å²) in [6, 6.07) is -0.187. The number of aliphatic hydroxyl groups is 2. The standard InChI is InChI=1S/C23H32INO5/c1-13-6-4-8-16(26)10-11-19(27)30-23-17(9-5-7-13)21(28)15(3)14(2)20(23)18(12-24)25-22(23)29/h5,9-11,13-14,16-18,20-21,26,28H,3-4,6-8,12H2,1-2H3,(H,25,29)/b9-5+,11-10+/t13-,14-,16-,17+,18+,20+,21-,23-/m1/s1. The van der Waals surface area contributed by atoms with Crippen LogP contribution in [0.3, 0.4) is 0 Å². The van der Waals surface area contributed by atoms with Crippen LogP contribution in [-0.4, -0.2) is 50.4 Å². The third kappa shape index (κ3) is 4.25. The summed E-state index contributed by atoms with van der Waals surface area (Å²) in [5.41, 5.74) is -0.848. The Bertz CT molecular complexity index is 750. The van der Waals surface area contributed by atoms with E-state index in [4.69, 9.17) is 4.74 Å². The number of alkyl halides is 1. The van der Waals surface area contributed by atoms with E-state index in [1.165, 1.54) is 12.2 Å². The highest BCUT2D eigenvalue weighted by atomic mass is 127. The SMILES string of the molecule is C=C1[C@@H](C)[C@H]2[C@H](CI)NC(=O)[C@]23OC(=O)/C=C/[C@H](O)CCC[C@@H](C)C/C=C/[C@H]3[C@@H]1O. The normalized spacial score (nSPS) is 44.8. The number of hydrogen-bond donors (Lipinski definition) is 3. The Balaban J connectivity index is 2.09. The van der Waals surface area contributed by atoms with Gasteiger partial charge >= 0.3 is 5.97 Å². The van der Waals surface area contributed by atoms with Crippen LogP contribution >= 0.6 is 22.6 Å². The van der Waals surface area contributed by atoms with Gasteiger partial charge in [-0.1, -0.05) is 68.0 Å². The van der Waals surface area contributed by atoms with E-state index in [0.29, 0.717) is 22.3 Å². The number of carbonyl (C=O) groups is 2. The molecule has 2 aliphatic heterocycles. The first-order valence-electron chi connectivity index (χ1n) is 10.7. The average Bonchev–Trinajstić information content (AvgIpc) is 2.99. The fourth-order valence-electron chi connectivity index (χ4n) is 5.18. The Hall–Kier alpha value is -1.19. The Labute approximate surface area is 192 Å². The molecule has 1 spiro atoms. The van der Waals surface area contributed by atoms with Crippen molar-refractivity contribution < 1.29 is 24.5 Å². The van der Waals surface area contributed by atoms with Crippen molar-refractivity contribution in [2.75, 3.05) is 4.43 Å². The molecule has 166 valence electrons. The van der Waals surface area contributed by atoms with Crippen LogP contribution in [0.1, 0.15) is 39.5 Å². The number of carbonyl (C=O) groups excluding carboxylic acids is 2. The van der Waals surface area contributed by atoms with Crippen molar-refractivity contribution in [2.24, 2.45) is 23.7 Å². The van der Waals surface area contributed by atoms with Gasteiger partial charge in [0.15, 0.2) is 0 Å². The highest BCUT2D eigenvalue weighted by Gasteiger charge is 2.67. The molecule has 0 aromatic carbocycles. The first-order chi connectivity index (χ1) is 14.2. The van der Waals surface area contributed by atoms with E-state index in [-0.39, 0.29) is 23.8 Å². The smallest absolute Gasteiger partial charge is 0.331 e. The van der Waals surface area contributed by atoms with E-state index in [1.54, 1.807) is 0 Å². The molecule has 1 saturated heterocycles. The Morgan fingerprint density at radius 1 is 1.27 bits per heavy atom. The summed E-state index contributed by atoms with van der Waals surface area (Å²) in [4.78, 5) is 26.1. The number of halogens is 1. The molecule has 0 radical (unpaired) electrons. The average molecular weight is 529 g/mol. The van der Waals surface area contributed by atoms with Crippen LogP contribution in [0.5, 0.6) is 0 Å². The van der Waals surface area contributed by atoms with Crippen LogP contribution in [0.25, 0.3) is 0 Å². The summed E-state index contributed by atoms with van der Waals surface area (Å²) in [5, 5.41) is 24.2. The Kier molecular flexibility index (Phi) is 7.45. The molecule has 2 heterocycles. The summed E-state index contributed by atoms with van der Waals surface area (Å²) in [6.07, 6.45) is 7.89. The number of ether oxygens (including phenoxy) is 1. The maximum atomic E-state index is 13.3. The lowest BCUT2D eigenvalue weighted by atomic mass is 9.60. The van der Waals surface area contributed by atoms with Crippen molar-refractivity contribution in [3.05, 3.63) is 36.5 Å². The van der Waals surface area contributed by atoms with Crippen molar-refractivity contribution in [1.29, 1.82) is 0 Å². The molecule has 30 heavy (non-hydrogen) atoms. The number of rotatable bonds is 1. The van der Waals surface area contributed by atoms with Crippen molar-refractivity contribution >= 4 is 34.5 Å². The van der Waals surface area contributed by atoms with Crippen LogP contribution < -0.4 is 5.32 Å². The molecule has 1 amide bonds. The predicted octanol–water partition coefficient (Wildman–Crippen LogP) is 2.68. The van der Waals surface area contributed by atoms with Gasteiger partial charge < -0.3 is 20.3 Å². The highest BCUT2D eigenvalue weighted by molar-refractivity contribution is 14.1. The third-order valence-corrected chi connectivity index (χ3v) is 7.86. The number of amides is 1. The molecule has 8 atom stereocenters. The van der Waals surface area contributed by atoms with Gasteiger partial charge in [-0.15, -0.1) is 0 Å². The quantitative estimate of drug-likeness (QED) is 0.210. The van der Waals surface area contributed by atoms with E-state index in [1.807, 2.05) is 19.1 Å². The first kappa shape index (κ1) is 23.5. The minimum atomic E-state index is -1.51. The van der Waals surface area contributed by atoms with Gasteiger partial charge in [-0.05, 0) is 36.3 Å². The largest absolute Gasteiger partial charge is 0.445 e. The second kappa shape index (κ2) is 9.53. The zero-order valence-corrected chi connectivity index (χ0v) is 19.7. The van der Waals surface area contributed by atoms with Gasteiger partial charge in [0.05, 0.1) is 18.1 Å². The summed E-state index contributed by atoms with van der Waals surface area (Å²) < 4.78 is 6.57. The van der Waals surface area contributed by atoms with Crippen LogP contribution in [0.15, 0.2) is 36.5 Å². The molecule has 0 unspecified atom stereocenters. The van der Waals surface area contributed by atoms with E-state index >= 15 is 0 Å². The molecule has 2 fully saturated rings. The van der Waals surface area contributed by atoms with Gasteiger partial charge in [-0.2, -0.15) is 0 Å². The molecule has 3 aliphatic rings. The van der Waals surface area contributed by atoms with Gasteiger partial charge in [0.1, 0.15) is 0 Å². The topological polar surface area (TPSA) is 95.9 Å². The fraction of sp³-hybridized carbons (Fsp3) is 0.652. The van der Waals surface area contributed by atoms with E-state index in [2.05, 4.69) is 41.4 Å². The van der Waals surface area contributed by atoms with Gasteiger partial charge in [-0.3, -0.25) is 4.79 Å². The summed E-state index contributed by atoms with van der Waals surface area (Å²) in [5.74, 6) is -1.90. The second-order valence-corrected chi connectivity index (χ2v) is 9.82. The lowest BCUT2D eigenvalue weighted by Crippen LogP contribution is -2.61. The molecule has 0 aromatic rings. The third-order valence-electron chi connectivity index (χ3n) is 6.91. The Morgan fingerprint density at radius 3 is 2.70 bits per heavy atom. The highest BCUT2D eigenvalue weighted by Crippen LogP contribution is 2.52. The van der Waals surface area contributed by atoms with Gasteiger partial charge in [-0.25, -0.2) is 4.79 Å². The Morgan fingerprint density at radius 2 is 2.00 bits per heavy atom. The fourth-order valence-corrected chi connectivity index (χ4v) is 5.95. The van der Waals surface area contributed by atoms with E-state index in [9.17, 15) is 19.8 Å². The van der Waals surface area contributed by atoms with Crippen LogP contribution in [0, 0.1) is 23.7 Å². The molecule has 3 rings (SSSR count). The lowest BCUT2D eigenvalue weighted by molar-refractivity contribution is -0.182. The van der Waals surface area contributed by atoms with Gasteiger partial charge in [0.25, 0.3) is 5.91 Å². The van der Waals surface area contributed by atoms with E-state index < -0.39 is 29.7 Å². The van der Waals surface area contributed by atoms with Crippen molar-refractivity contribution in [1.82, 2.24) is 5.32 Å². The van der Waals surface area contributed by atoms with Gasteiger partial charge in [0, 0.05) is 22.5 Å². The minimum absolute atomic E-state index is 0.187. The summed E-state index contributed by atoms with van der Waals surface area (Å²) in [7, 11) is 0. The van der Waals surface area contributed by atoms with Crippen molar-refractivity contribution in [3.8, 4) is 0 Å². The number of allylic oxidation sites excluding steroid dienone is 1. The van der Waals surface area contributed by atoms with Crippen LogP contribution in [0.4, 0.5) is 0 Å². The number of nitrogens with one attached hydrogen (secondary N) is 1. The van der Waals surface area contributed by atoms with Crippen molar-refractivity contribution in [3.63, 3.8) is 0 Å². The molecule has 3 N–H and O–H groups in total. The van der Waals surface area contributed by atoms with Crippen LogP contribution in [-0.2, 0) is 14.3 Å². The summed E-state index contributed by atoms with van der Waals surface area (Å²) in [6.45, 7) is 8.18. The predicted molar refractivity (Wildman–Crippen MR) is 123 cm³/mol. The van der Waals surface area contributed by atoms with Crippen molar-refractivity contribution in [2.45, 2.75) is 63.4 Å². The molecule has 1 aliphatic carbocycles. The summed E-state index contributed by atoms with van der Waals surface area (Å²) >= 11 is 2.22. The van der Waals surface area contributed by atoms with Gasteiger partial charge in [0.2, 0.25) is 5.60 Å². The maximum Gasteiger partial charge on any atom is 0.331 e. The van der Waals surface area contributed by atoms with Crippen LogP contribution in [0.2, 0.25) is 0 Å². The molecule has 7 heteroatoms. The zero-order valence-electron chi connectivity index (χ0n) is 17.6. The maximum absolute atomic E-state index is 13.3. The van der Waals surface area contributed by atoms with E-state index in [0.717, 1.165) is 19.3 Å². The molecular formula is C23H32INO5. The number of aliphatic hydroxyl groups excluding tert-OH is 2. The zero-order chi connectivity index (χ0) is 22.1.